The van der Waals surface area contributed by atoms with Crippen LogP contribution in [0.4, 0.5) is 0 Å². The summed E-state index contributed by atoms with van der Waals surface area (Å²) in [5, 5.41) is 12.0. The van der Waals surface area contributed by atoms with Crippen molar-refractivity contribution in [3.05, 3.63) is 54.3 Å². The van der Waals surface area contributed by atoms with E-state index in [1.807, 2.05) is 18.2 Å². The van der Waals surface area contributed by atoms with Gasteiger partial charge in [0.2, 0.25) is 5.82 Å². The number of hydrogen-bond acceptors (Lipinski definition) is 5. The molecule has 0 aliphatic carbocycles. The van der Waals surface area contributed by atoms with Crippen LogP contribution in [0.3, 0.4) is 0 Å². The number of hydrogen-bond donors (Lipinski definition) is 0. The van der Waals surface area contributed by atoms with Crippen LogP contribution >= 0.6 is 0 Å². The third kappa shape index (κ3) is 2.64. The van der Waals surface area contributed by atoms with Crippen LogP contribution in [0.25, 0.3) is 11.6 Å². The van der Waals surface area contributed by atoms with E-state index in [0.717, 1.165) is 0 Å². The molecule has 20 heavy (non-hydrogen) atoms. The Morgan fingerprint density at radius 3 is 2.75 bits per heavy atom. The lowest BCUT2D eigenvalue weighted by Crippen LogP contribution is -2.08. The van der Waals surface area contributed by atoms with E-state index in [1.165, 1.54) is 4.80 Å². The highest BCUT2D eigenvalue weighted by atomic mass is 16.3. The fourth-order valence-corrected chi connectivity index (χ4v) is 1.81. The molecule has 3 aromatic rings. The molecule has 0 saturated carbocycles. The standard InChI is InChI=1S/C14H12N4O2/c19-12(11-5-2-1-3-6-11)8-9-18-16-14(15-17-18)13-7-4-10-20-13/h1-7,10H,8-9H2. The van der Waals surface area contributed by atoms with Crippen LogP contribution in [-0.4, -0.2) is 26.0 Å². The van der Waals surface area contributed by atoms with Crippen LogP contribution in [0.15, 0.2) is 53.1 Å². The Morgan fingerprint density at radius 2 is 2.00 bits per heavy atom. The minimum absolute atomic E-state index is 0.0578. The van der Waals surface area contributed by atoms with Crippen LogP contribution in [0, 0.1) is 0 Å². The van der Waals surface area contributed by atoms with Gasteiger partial charge in [-0.15, -0.1) is 10.2 Å². The van der Waals surface area contributed by atoms with Gasteiger partial charge in [-0.05, 0) is 17.3 Å². The normalized spacial score (nSPS) is 10.6. The average Bonchev–Trinajstić information content (AvgIpc) is 3.16. The van der Waals surface area contributed by atoms with E-state index in [0.29, 0.717) is 30.1 Å². The number of nitrogens with zero attached hydrogens (tertiary/aromatic N) is 4. The van der Waals surface area contributed by atoms with Gasteiger partial charge in [0, 0.05) is 12.0 Å². The van der Waals surface area contributed by atoms with Crippen LogP contribution in [0.2, 0.25) is 0 Å². The Bertz CT molecular complexity index is 689. The van der Waals surface area contributed by atoms with Gasteiger partial charge in [0.25, 0.3) is 0 Å². The number of aryl methyl sites for hydroxylation is 1. The summed E-state index contributed by atoms with van der Waals surface area (Å²) >= 11 is 0. The number of benzene rings is 1. The zero-order valence-electron chi connectivity index (χ0n) is 10.6. The molecule has 0 saturated heterocycles. The van der Waals surface area contributed by atoms with E-state index in [-0.39, 0.29) is 5.78 Å². The number of furan rings is 1. The van der Waals surface area contributed by atoms with Crippen molar-refractivity contribution in [1.82, 2.24) is 20.2 Å². The molecule has 6 nitrogen and oxygen atoms in total. The molecule has 2 aromatic heterocycles. The summed E-state index contributed by atoms with van der Waals surface area (Å²) in [5.41, 5.74) is 0.693. The SMILES string of the molecule is O=C(CCn1nnc(-c2ccco2)n1)c1ccccc1. The fourth-order valence-electron chi connectivity index (χ4n) is 1.81. The first-order valence-corrected chi connectivity index (χ1v) is 6.23. The molecule has 3 rings (SSSR count). The minimum atomic E-state index is 0.0578. The van der Waals surface area contributed by atoms with E-state index in [4.69, 9.17) is 4.42 Å². The van der Waals surface area contributed by atoms with Gasteiger partial charge in [-0.2, -0.15) is 4.80 Å². The fraction of sp³-hybridized carbons (Fsp3) is 0.143. The average molecular weight is 268 g/mol. The first-order valence-electron chi connectivity index (χ1n) is 6.23. The number of carbonyl (C=O) groups excluding carboxylic acids is 1. The maximum absolute atomic E-state index is 11.9. The van der Waals surface area contributed by atoms with Crippen molar-refractivity contribution in [3.63, 3.8) is 0 Å². The van der Waals surface area contributed by atoms with E-state index in [2.05, 4.69) is 15.4 Å². The Morgan fingerprint density at radius 1 is 1.15 bits per heavy atom. The smallest absolute Gasteiger partial charge is 0.240 e. The number of ketones is 1. The number of aromatic nitrogens is 4. The van der Waals surface area contributed by atoms with Crippen molar-refractivity contribution in [3.8, 4) is 11.6 Å². The summed E-state index contributed by atoms with van der Waals surface area (Å²) in [6, 6.07) is 12.7. The first kappa shape index (κ1) is 12.3. The van der Waals surface area contributed by atoms with Crippen molar-refractivity contribution in [2.45, 2.75) is 13.0 Å². The quantitative estimate of drug-likeness (QED) is 0.663. The van der Waals surface area contributed by atoms with Gasteiger partial charge >= 0.3 is 0 Å². The number of carbonyl (C=O) groups is 1. The zero-order chi connectivity index (χ0) is 13.8. The lowest BCUT2D eigenvalue weighted by atomic mass is 10.1. The maximum Gasteiger partial charge on any atom is 0.240 e. The molecule has 0 bridgehead atoms. The van der Waals surface area contributed by atoms with E-state index < -0.39 is 0 Å². The predicted molar refractivity (Wildman–Crippen MR) is 70.9 cm³/mol. The molecule has 100 valence electrons. The summed E-state index contributed by atoms with van der Waals surface area (Å²) < 4.78 is 5.18. The molecule has 0 atom stereocenters. The topological polar surface area (TPSA) is 73.8 Å². The number of rotatable bonds is 5. The van der Waals surface area contributed by atoms with Gasteiger partial charge in [-0.25, -0.2) is 0 Å². The molecule has 0 radical (unpaired) electrons. The third-order valence-electron chi connectivity index (χ3n) is 2.83. The first-order chi connectivity index (χ1) is 9.83. The summed E-state index contributed by atoms with van der Waals surface area (Å²) in [7, 11) is 0. The second kappa shape index (κ2) is 5.48. The van der Waals surface area contributed by atoms with Gasteiger partial charge in [0.1, 0.15) is 0 Å². The molecular weight excluding hydrogens is 256 g/mol. The van der Waals surface area contributed by atoms with Gasteiger partial charge < -0.3 is 4.42 Å². The summed E-state index contributed by atoms with van der Waals surface area (Å²) in [6.07, 6.45) is 1.88. The second-order valence-electron chi connectivity index (χ2n) is 4.23. The van der Waals surface area contributed by atoms with Crippen molar-refractivity contribution >= 4 is 5.78 Å². The van der Waals surface area contributed by atoms with Gasteiger partial charge in [-0.1, -0.05) is 30.3 Å². The number of Topliss-reactive ketones (excluding diaryl/α,β-unsaturated/α-hetero) is 1. The highest BCUT2D eigenvalue weighted by Gasteiger charge is 2.10. The third-order valence-corrected chi connectivity index (χ3v) is 2.83. The molecule has 0 aliphatic rings. The Kier molecular flexibility index (Phi) is 3.36. The van der Waals surface area contributed by atoms with E-state index >= 15 is 0 Å². The largest absolute Gasteiger partial charge is 0.461 e. The van der Waals surface area contributed by atoms with Crippen molar-refractivity contribution in [2.24, 2.45) is 0 Å². The van der Waals surface area contributed by atoms with Crippen LogP contribution in [0.1, 0.15) is 16.8 Å². The summed E-state index contributed by atoms with van der Waals surface area (Å²) in [5.74, 6) is 1.04. The number of tetrazole rings is 1. The van der Waals surface area contributed by atoms with Crippen molar-refractivity contribution < 1.29 is 9.21 Å². The molecule has 0 spiro atoms. The van der Waals surface area contributed by atoms with Gasteiger partial charge in [0.15, 0.2) is 11.5 Å². The maximum atomic E-state index is 11.9. The Hall–Kier alpha value is -2.76. The highest BCUT2D eigenvalue weighted by Crippen LogP contribution is 2.13. The molecule has 2 heterocycles. The zero-order valence-corrected chi connectivity index (χ0v) is 10.6. The lowest BCUT2D eigenvalue weighted by molar-refractivity contribution is 0.0973. The molecule has 0 unspecified atom stereocenters. The van der Waals surface area contributed by atoms with Crippen LogP contribution < -0.4 is 0 Å². The Labute approximate surface area is 115 Å². The minimum Gasteiger partial charge on any atom is -0.461 e. The van der Waals surface area contributed by atoms with Crippen molar-refractivity contribution in [1.29, 1.82) is 0 Å². The van der Waals surface area contributed by atoms with Gasteiger partial charge in [-0.3, -0.25) is 4.79 Å². The lowest BCUT2D eigenvalue weighted by Gasteiger charge is -1.99. The van der Waals surface area contributed by atoms with Crippen molar-refractivity contribution in [2.75, 3.05) is 0 Å². The molecule has 0 aliphatic heterocycles. The Balaban J connectivity index is 1.63. The monoisotopic (exact) mass is 268 g/mol. The molecular formula is C14H12N4O2. The second-order valence-corrected chi connectivity index (χ2v) is 4.23. The molecule has 6 heteroatoms. The van der Waals surface area contributed by atoms with E-state index in [9.17, 15) is 4.79 Å². The van der Waals surface area contributed by atoms with Crippen LogP contribution in [-0.2, 0) is 6.54 Å². The van der Waals surface area contributed by atoms with E-state index in [1.54, 1.807) is 30.5 Å². The van der Waals surface area contributed by atoms with Gasteiger partial charge in [0.05, 0.1) is 12.8 Å². The molecule has 0 N–H and O–H groups in total. The molecule has 0 amide bonds. The summed E-state index contributed by atoms with van der Waals surface area (Å²) in [4.78, 5) is 13.3. The van der Waals surface area contributed by atoms with Crippen LogP contribution in [0.5, 0.6) is 0 Å². The molecule has 1 aromatic carbocycles. The predicted octanol–water partition coefficient (Wildman–Crippen LogP) is 2.21. The highest BCUT2D eigenvalue weighted by molar-refractivity contribution is 5.95. The summed E-state index contributed by atoms with van der Waals surface area (Å²) in [6.45, 7) is 0.390. The molecule has 0 fully saturated rings.